The molecule has 0 aliphatic rings. The van der Waals surface area contributed by atoms with Gasteiger partial charge in [-0.05, 0) is 43.5 Å². The van der Waals surface area contributed by atoms with Crippen LogP contribution in [0.5, 0.6) is 5.75 Å². The molecule has 0 aliphatic heterocycles. The Bertz CT molecular complexity index is 529. The van der Waals surface area contributed by atoms with E-state index in [1.54, 1.807) is 18.2 Å². The lowest BCUT2D eigenvalue weighted by Crippen LogP contribution is -2.20. The molecule has 1 rings (SSSR count). The Labute approximate surface area is 126 Å². The number of sulfone groups is 1. The van der Waals surface area contributed by atoms with Gasteiger partial charge in [0.2, 0.25) is 0 Å². The highest BCUT2D eigenvalue weighted by atomic mass is 35.5. The Morgan fingerprint density at radius 2 is 2.05 bits per heavy atom. The molecule has 0 aliphatic carbocycles. The van der Waals surface area contributed by atoms with Crippen molar-refractivity contribution in [3.8, 4) is 5.75 Å². The molecular weight excluding hydrogens is 298 g/mol. The second-order valence-corrected chi connectivity index (χ2v) is 7.67. The van der Waals surface area contributed by atoms with Gasteiger partial charge in [-0.2, -0.15) is 0 Å². The first kappa shape index (κ1) is 17.3. The molecule has 1 unspecified atom stereocenters. The van der Waals surface area contributed by atoms with Crippen molar-refractivity contribution < 1.29 is 13.2 Å². The minimum Gasteiger partial charge on any atom is -0.492 e. The standard InChI is InChI=1S/C14H22ClNO3S/c1-3-7-20(17,18)8-6-19-14-5-4-13(15)10-12(14)9-11(2)16/h4-5,10-11H,3,6-9,16H2,1-2H3. The van der Waals surface area contributed by atoms with Crippen LogP contribution in [0.4, 0.5) is 0 Å². The zero-order chi connectivity index (χ0) is 15.2. The quantitative estimate of drug-likeness (QED) is 0.799. The molecule has 2 N–H and O–H groups in total. The summed E-state index contributed by atoms with van der Waals surface area (Å²) in [5.41, 5.74) is 6.69. The fraction of sp³-hybridized carbons (Fsp3) is 0.571. The van der Waals surface area contributed by atoms with Gasteiger partial charge in [0, 0.05) is 11.1 Å². The van der Waals surface area contributed by atoms with Crippen LogP contribution in [0, 0.1) is 0 Å². The minimum absolute atomic E-state index is 0.0142. The van der Waals surface area contributed by atoms with Crippen LogP contribution in [0.1, 0.15) is 25.8 Å². The Hall–Kier alpha value is -0.780. The molecule has 0 fully saturated rings. The second-order valence-electron chi connectivity index (χ2n) is 4.93. The average Bonchev–Trinajstić information content (AvgIpc) is 2.31. The Balaban J connectivity index is 2.68. The molecule has 114 valence electrons. The van der Waals surface area contributed by atoms with Crippen molar-refractivity contribution in [1.29, 1.82) is 0 Å². The molecule has 0 saturated carbocycles. The maximum Gasteiger partial charge on any atom is 0.153 e. The number of rotatable bonds is 8. The summed E-state index contributed by atoms with van der Waals surface area (Å²) in [6.07, 6.45) is 1.26. The van der Waals surface area contributed by atoms with Crippen molar-refractivity contribution in [2.24, 2.45) is 5.73 Å². The van der Waals surface area contributed by atoms with E-state index in [0.29, 0.717) is 23.6 Å². The van der Waals surface area contributed by atoms with Crippen molar-refractivity contribution >= 4 is 21.4 Å². The third-order valence-electron chi connectivity index (χ3n) is 2.73. The molecule has 0 heterocycles. The van der Waals surface area contributed by atoms with E-state index in [4.69, 9.17) is 22.1 Å². The number of ether oxygens (including phenoxy) is 1. The summed E-state index contributed by atoms with van der Waals surface area (Å²) in [4.78, 5) is 0. The Kier molecular flexibility index (Phi) is 6.79. The molecule has 1 aromatic carbocycles. The Morgan fingerprint density at radius 1 is 1.35 bits per heavy atom. The zero-order valence-corrected chi connectivity index (χ0v) is 13.5. The van der Waals surface area contributed by atoms with E-state index in [9.17, 15) is 8.42 Å². The molecule has 0 saturated heterocycles. The first-order chi connectivity index (χ1) is 9.34. The van der Waals surface area contributed by atoms with Crippen LogP contribution in [-0.2, 0) is 16.3 Å². The predicted octanol–water partition coefficient (Wildman–Crippen LogP) is 2.43. The van der Waals surface area contributed by atoms with Crippen molar-refractivity contribution in [3.63, 3.8) is 0 Å². The summed E-state index contributed by atoms with van der Waals surface area (Å²) >= 11 is 5.96. The molecule has 1 aromatic rings. The van der Waals surface area contributed by atoms with E-state index in [-0.39, 0.29) is 24.2 Å². The smallest absolute Gasteiger partial charge is 0.153 e. The summed E-state index contributed by atoms with van der Waals surface area (Å²) in [6, 6.07) is 5.27. The summed E-state index contributed by atoms with van der Waals surface area (Å²) in [6.45, 7) is 3.89. The first-order valence-corrected chi connectivity index (χ1v) is 8.91. The van der Waals surface area contributed by atoms with Gasteiger partial charge in [-0.25, -0.2) is 8.42 Å². The second kappa shape index (κ2) is 7.86. The lowest BCUT2D eigenvalue weighted by atomic mass is 10.1. The van der Waals surface area contributed by atoms with Crippen LogP contribution in [0.2, 0.25) is 5.02 Å². The predicted molar refractivity (Wildman–Crippen MR) is 83.2 cm³/mol. The highest BCUT2D eigenvalue weighted by Crippen LogP contribution is 2.24. The summed E-state index contributed by atoms with van der Waals surface area (Å²) in [5.74, 6) is 0.878. The molecule has 0 radical (unpaired) electrons. The van der Waals surface area contributed by atoms with Crippen LogP contribution in [0.25, 0.3) is 0 Å². The molecule has 6 heteroatoms. The van der Waals surface area contributed by atoms with Crippen LogP contribution in [0.15, 0.2) is 18.2 Å². The minimum atomic E-state index is -3.02. The molecule has 20 heavy (non-hydrogen) atoms. The van der Waals surface area contributed by atoms with Gasteiger partial charge < -0.3 is 10.5 Å². The number of hydrogen-bond donors (Lipinski definition) is 1. The number of benzene rings is 1. The summed E-state index contributed by atoms with van der Waals surface area (Å²) in [7, 11) is -3.02. The van der Waals surface area contributed by atoms with Crippen LogP contribution in [-0.4, -0.2) is 32.6 Å². The molecule has 0 amide bonds. The van der Waals surface area contributed by atoms with E-state index in [1.165, 1.54) is 0 Å². The van der Waals surface area contributed by atoms with Gasteiger partial charge in [-0.3, -0.25) is 0 Å². The molecular formula is C14H22ClNO3S. The maximum atomic E-state index is 11.6. The third-order valence-corrected chi connectivity index (χ3v) is 4.79. The van der Waals surface area contributed by atoms with E-state index in [0.717, 1.165) is 5.56 Å². The molecule has 0 spiro atoms. The van der Waals surface area contributed by atoms with Gasteiger partial charge in [0.25, 0.3) is 0 Å². The summed E-state index contributed by atoms with van der Waals surface area (Å²) in [5, 5.41) is 0.617. The van der Waals surface area contributed by atoms with Crippen LogP contribution >= 0.6 is 11.6 Å². The fourth-order valence-electron chi connectivity index (χ4n) is 1.89. The van der Waals surface area contributed by atoms with E-state index >= 15 is 0 Å². The first-order valence-electron chi connectivity index (χ1n) is 6.71. The van der Waals surface area contributed by atoms with E-state index in [1.807, 2.05) is 13.8 Å². The molecule has 4 nitrogen and oxygen atoms in total. The number of nitrogens with two attached hydrogens (primary N) is 1. The van der Waals surface area contributed by atoms with Gasteiger partial charge in [-0.1, -0.05) is 18.5 Å². The van der Waals surface area contributed by atoms with Crippen molar-refractivity contribution in [1.82, 2.24) is 0 Å². The average molecular weight is 320 g/mol. The molecule has 1 atom stereocenters. The van der Waals surface area contributed by atoms with Crippen LogP contribution in [0.3, 0.4) is 0 Å². The van der Waals surface area contributed by atoms with Gasteiger partial charge in [0.15, 0.2) is 9.84 Å². The van der Waals surface area contributed by atoms with Crippen molar-refractivity contribution in [2.45, 2.75) is 32.7 Å². The normalized spacial score (nSPS) is 13.2. The Morgan fingerprint density at radius 3 is 2.65 bits per heavy atom. The number of hydrogen-bond acceptors (Lipinski definition) is 4. The highest BCUT2D eigenvalue weighted by molar-refractivity contribution is 7.91. The van der Waals surface area contributed by atoms with E-state index < -0.39 is 9.84 Å². The van der Waals surface area contributed by atoms with Crippen molar-refractivity contribution in [2.75, 3.05) is 18.1 Å². The SMILES string of the molecule is CCCS(=O)(=O)CCOc1ccc(Cl)cc1CC(C)N. The van der Waals surface area contributed by atoms with Gasteiger partial charge in [0.1, 0.15) is 12.4 Å². The van der Waals surface area contributed by atoms with Gasteiger partial charge >= 0.3 is 0 Å². The largest absolute Gasteiger partial charge is 0.492 e. The van der Waals surface area contributed by atoms with Crippen LogP contribution < -0.4 is 10.5 Å². The number of halogens is 1. The van der Waals surface area contributed by atoms with Crippen molar-refractivity contribution in [3.05, 3.63) is 28.8 Å². The molecule has 0 bridgehead atoms. The zero-order valence-electron chi connectivity index (χ0n) is 11.9. The fourth-order valence-corrected chi connectivity index (χ4v) is 3.24. The highest BCUT2D eigenvalue weighted by Gasteiger charge is 2.11. The van der Waals surface area contributed by atoms with Gasteiger partial charge in [-0.15, -0.1) is 0 Å². The lowest BCUT2D eigenvalue weighted by Gasteiger charge is -2.13. The van der Waals surface area contributed by atoms with E-state index in [2.05, 4.69) is 0 Å². The topological polar surface area (TPSA) is 69.4 Å². The molecule has 0 aromatic heterocycles. The third kappa shape index (κ3) is 6.11. The lowest BCUT2D eigenvalue weighted by molar-refractivity contribution is 0.336. The monoisotopic (exact) mass is 319 g/mol. The summed E-state index contributed by atoms with van der Waals surface area (Å²) < 4.78 is 28.8. The maximum absolute atomic E-state index is 11.6. The van der Waals surface area contributed by atoms with Gasteiger partial charge in [0.05, 0.1) is 11.5 Å².